The molecule has 7 nitrogen and oxygen atoms in total. The van der Waals surface area contributed by atoms with Gasteiger partial charge in [-0.15, -0.1) is 0 Å². The fraction of sp³-hybridized carbons (Fsp3) is 0.273. The van der Waals surface area contributed by atoms with Crippen molar-refractivity contribution in [3.63, 3.8) is 0 Å². The predicted octanol–water partition coefficient (Wildman–Crippen LogP) is 2.65. The van der Waals surface area contributed by atoms with E-state index in [0.29, 0.717) is 24.1 Å². The van der Waals surface area contributed by atoms with Gasteiger partial charge in [-0.3, -0.25) is 9.59 Å². The van der Waals surface area contributed by atoms with E-state index < -0.39 is 11.5 Å². The van der Waals surface area contributed by atoms with Crippen LogP contribution < -0.4 is 5.56 Å². The highest BCUT2D eigenvalue weighted by molar-refractivity contribution is 5.94. The Morgan fingerprint density at radius 3 is 2.72 bits per heavy atom. The molecule has 1 saturated heterocycles. The summed E-state index contributed by atoms with van der Waals surface area (Å²) in [5.74, 6) is -1.33. The maximum atomic E-state index is 13.1. The molecule has 1 N–H and O–H groups in total. The van der Waals surface area contributed by atoms with Crippen LogP contribution in [0.15, 0.2) is 53.3 Å². The fourth-order valence-electron chi connectivity index (χ4n) is 3.93. The number of hydrogen-bond donors (Lipinski definition) is 1. The van der Waals surface area contributed by atoms with Gasteiger partial charge in [0.2, 0.25) is 0 Å². The van der Waals surface area contributed by atoms with Crippen LogP contribution in [0.3, 0.4) is 0 Å². The third kappa shape index (κ3) is 3.51. The zero-order valence-corrected chi connectivity index (χ0v) is 16.0. The average molecular weight is 391 g/mol. The summed E-state index contributed by atoms with van der Waals surface area (Å²) < 4.78 is 1.45. The molecule has 29 heavy (non-hydrogen) atoms. The number of hydrogen-bond acceptors (Lipinski definition) is 4. The number of para-hydroxylation sites is 2. The number of benzene rings is 2. The van der Waals surface area contributed by atoms with E-state index in [2.05, 4.69) is 4.98 Å². The molecule has 3 aromatic rings. The van der Waals surface area contributed by atoms with Crippen LogP contribution in [0.4, 0.5) is 0 Å². The molecule has 4 rings (SSSR count). The third-order valence-electron chi connectivity index (χ3n) is 5.50. The summed E-state index contributed by atoms with van der Waals surface area (Å²) in [6, 6.07) is 14.0. The Bertz CT molecular complexity index is 1170. The number of carboxylic acid groups (broad SMARTS) is 1. The molecule has 148 valence electrons. The lowest BCUT2D eigenvalue weighted by atomic mass is 9.89. The van der Waals surface area contributed by atoms with Gasteiger partial charge in [0.25, 0.3) is 11.5 Å². The SMILES string of the molecule is Cn1c(=O)c(C(=O)N2CCC[C@@H](c3cccc(C(=O)O)c3)C2)nc2ccccc21. The van der Waals surface area contributed by atoms with Crippen LogP contribution in [-0.2, 0) is 7.05 Å². The summed E-state index contributed by atoms with van der Waals surface area (Å²) >= 11 is 0. The van der Waals surface area contributed by atoms with Gasteiger partial charge < -0.3 is 14.6 Å². The number of carbonyl (C=O) groups excluding carboxylic acids is 1. The molecule has 7 heteroatoms. The van der Waals surface area contributed by atoms with Gasteiger partial charge in [-0.05, 0) is 42.7 Å². The molecule has 0 spiro atoms. The van der Waals surface area contributed by atoms with Crippen molar-refractivity contribution in [2.75, 3.05) is 13.1 Å². The first-order chi connectivity index (χ1) is 14.0. The second kappa shape index (κ2) is 7.50. The molecule has 0 unspecified atom stereocenters. The quantitative estimate of drug-likeness (QED) is 0.741. The van der Waals surface area contributed by atoms with E-state index in [-0.39, 0.29) is 23.1 Å². The summed E-state index contributed by atoms with van der Waals surface area (Å²) in [7, 11) is 1.64. The van der Waals surface area contributed by atoms with Crippen molar-refractivity contribution in [3.8, 4) is 0 Å². The van der Waals surface area contributed by atoms with Gasteiger partial charge in [0.15, 0.2) is 5.69 Å². The van der Waals surface area contributed by atoms with Gasteiger partial charge in [-0.25, -0.2) is 9.78 Å². The van der Waals surface area contributed by atoms with Gasteiger partial charge in [0, 0.05) is 26.1 Å². The number of fused-ring (bicyclic) bond motifs is 1. The molecule has 0 aliphatic carbocycles. The molecule has 2 aromatic carbocycles. The van der Waals surface area contributed by atoms with Crippen LogP contribution in [0, 0.1) is 0 Å². The molecule has 1 atom stereocenters. The van der Waals surface area contributed by atoms with Gasteiger partial charge in [-0.2, -0.15) is 0 Å². The van der Waals surface area contributed by atoms with Crippen LogP contribution in [0.1, 0.15) is 45.2 Å². The number of piperidine rings is 1. The summed E-state index contributed by atoms with van der Waals surface area (Å²) in [5, 5.41) is 9.23. The number of aromatic carboxylic acids is 1. The summed E-state index contributed by atoms with van der Waals surface area (Å²) in [4.78, 5) is 43.1. The van der Waals surface area contributed by atoms with Crippen molar-refractivity contribution in [1.29, 1.82) is 0 Å². The normalized spacial score (nSPS) is 16.7. The van der Waals surface area contributed by atoms with Crippen LogP contribution in [0.25, 0.3) is 11.0 Å². The molecular formula is C22H21N3O4. The number of aryl methyl sites for hydroxylation is 1. The maximum absolute atomic E-state index is 13.1. The largest absolute Gasteiger partial charge is 0.478 e. The second-order valence-corrected chi connectivity index (χ2v) is 7.33. The van der Waals surface area contributed by atoms with Crippen LogP contribution in [0.2, 0.25) is 0 Å². The molecule has 1 aliphatic rings. The Morgan fingerprint density at radius 2 is 1.93 bits per heavy atom. The Morgan fingerprint density at radius 1 is 1.14 bits per heavy atom. The lowest BCUT2D eigenvalue weighted by molar-refractivity contribution is 0.0684. The Labute approximate surface area is 167 Å². The first kappa shape index (κ1) is 18.9. The van der Waals surface area contributed by atoms with Gasteiger partial charge in [0.05, 0.1) is 16.6 Å². The van der Waals surface area contributed by atoms with Gasteiger partial charge in [-0.1, -0.05) is 24.3 Å². The standard InChI is InChI=1S/C22H21N3O4/c1-24-18-10-3-2-9-17(18)23-19(20(24)26)21(27)25-11-5-8-16(13-25)14-6-4-7-15(12-14)22(28)29/h2-4,6-7,9-10,12,16H,5,8,11,13H2,1H3,(H,28,29)/t16-/m1/s1. The molecule has 0 bridgehead atoms. The smallest absolute Gasteiger partial charge is 0.335 e. The molecule has 2 heterocycles. The minimum atomic E-state index is -0.973. The molecule has 1 amide bonds. The van der Waals surface area contributed by atoms with Crippen molar-refractivity contribution in [1.82, 2.24) is 14.5 Å². The summed E-state index contributed by atoms with van der Waals surface area (Å²) in [6.07, 6.45) is 1.64. The lowest BCUT2D eigenvalue weighted by Gasteiger charge is -2.33. The highest BCUT2D eigenvalue weighted by atomic mass is 16.4. The van der Waals surface area contributed by atoms with Crippen LogP contribution in [0.5, 0.6) is 0 Å². The highest BCUT2D eigenvalue weighted by Crippen LogP contribution is 2.28. The number of rotatable bonds is 3. The van der Waals surface area contributed by atoms with E-state index in [9.17, 15) is 19.5 Å². The van der Waals surface area contributed by atoms with Crippen molar-refractivity contribution >= 4 is 22.9 Å². The zero-order valence-electron chi connectivity index (χ0n) is 16.0. The van der Waals surface area contributed by atoms with E-state index in [4.69, 9.17) is 0 Å². The van der Waals surface area contributed by atoms with Crippen LogP contribution >= 0.6 is 0 Å². The molecular weight excluding hydrogens is 370 g/mol. The number of nitrogens with zero attached hydrogens (tertiary/aromatic N) is 3. The number of aromatic nitrogens is 2. The number of amides is 1. The van der Waals surface area contributed by atoms with Crippen molar-refractivity contribution in [2.45, 2.75) is 18.8 Å². The van der Waals surface area contributed by atoms with E-state index in [0.717, 1.165) is 18.4 Å². The molecule has 0 radical (unpaired) electrons. The number of carbonyl (C=O) groups is 2. The van der Waals surface area contributed by atoms with E-state index >= 15 is 0 Å². The first-order valence-corrected chi connectivity index (χ1v) is 9.54. The van der Waals surface area contributed by atoms with Crippen molar-refractivity contribution in [2.24, 2.45) is 7.05 Å². The average Bonchev–Trinajstić information content (AvgIpc) is 2.76. The molecule has 1 fully saturated rings. The minimum absolute atomic E-state index is 0.0244. The zero-order chi connectivity index (χ0) is 20.5. The first-order valence-electron chi connectivity index (χ1n) is 9.54. The Balaban J connectivity index is 1.64. The monoisotopic (exact) mass is 391 g/mol. The lowest BCUT2D eigenvalue weighted by Crippen LogP contribution is -2.42. The van der Waals surface area contributed by atoms with E-state index in [1.54, 1.807) is 42.3 Å². The maximum Gasteiger partial charge on any atom is 0.335 e. The number of carboxylic acids is 1. The molecule has 0 saturated carbocycles. The molecule has 1 aromatic heterocycles. The summed E-state index contributed by atoms with van der Waals surface area (Å²) in [6.45, 7) is 0.977. The van der Waals surface area contributed by atoms with Crippen molar-refractivity contribution in [3.05, 3.63) is 75.7 Å². The number of likely N-dealkylation sites (tertiary alicyclic amines) is 1. The Kier molecular flexibility index (Phi) is 4.88. The van der Waals surface area contributed by atoms with Gasteiger partial charge in [0.1, 0.15) is 0 Å². The fourth-order valence-corrected chi connectivity index (χ4v) is 3.93. The highest BCUT2D eigenvalue weighted by Gasteiger charge is 2.28. The van der Waals surface area contributed by atoms with Gasteiger partial charge >= 0.3 is 5.97 Å². The topological polar surface area (TPSA) is 92.5 Å². The molecule has 1 aliphatic heterocycles. The minimum Gasteiger partial charge on any atom is -0.478 e. The van der Waals surface area contributed by atoms with E-state index in [1.807, 2.05) is 18.2 Å². The van der Waals surface area contributed by atoms with Crippen molar-refractivity contribution < 1.29 is 14.7 Å². The Hall–Kier alpha value is -3.48. The summed E-state index contributed by atoms with van der Waals surface area (Å²) in [5.41, 5.74) is 1.91. The van der Waals surface area contributed by atoms with Crippen LogP contribution in [-0.4, -0.2) is 44.5 Å². The second-order valence-electron chi connectivity index (χ2n) is 7.33. The van der Waals surface area contributed by atoms with E-state index in [1.165, 1.54) is 4.57 Å². The third-order valence-corrected chi connectivity index (χ3v) is 5.50. The predicted molar refractivity (Wildman–Crippen MR) is 108 cm³/mol.